The first kappa shape index (κ1) is 27.3. The van der Waals surface area contributed by atoms with Crippen molar-refractivity contribution >= 4 is 73.5 Å². The summed E-state index contributed by atoms with van der Waals surface area (Å²) in [6.07, 6.45) is 3.14. The average molecular weight is 596 g/mol. The molecule has 7 nitrogen and oxygen atoms in total. The van der Waals surface area contributed by atoms with Gasteiger partial charge in [-0.3, -0.25) is 9.69 Å². The van der Waals surface area contributed by atoms with Gasteiger partial charge in [-0.2, -0.15) is 8.42 Å². The molecule has 1 fully saturated rings. The third-order valence-electron chi connectivity index (χ3n) is 5.03. The Morgan fingerprint density at radius 3 is 2.57 bits per heavy atom. The smallest absolute Gasteiger partial charge is 0.294 e. The molecule has 1 aromatic heterocycles. The normalized spacial score (nSPS) is 16.0. The standard InChI is InChI=1S/C25H20Cl2N2O5S3/c1-3-12-29-24(30)21(35-25(29)28-37(31,32)23-11-10-22(27)36-23)14-16-8-9-19(33-2)20(13-16)34-15-17-6-4-5-7-18(17)26/h3-11,13-14H,1,12,15H2,2H3/b21-14-,28-25+. The molecule has 1 aliphatic rings. The predicted octanol–water partition coefficient (Wildman–Crippen LogP) is 6.49. The van der Waals surface area contributed by atoms with Gasteiger partial charge in [-0.25, -0.2) is 0 Å². The molecule has 0 aliphatic carbocycles. The third kappa shape index (κ3) is 6.39. The van der Waals surface area contributed by atoms with Crippen LogP contribution in [0.1, 0.15) is 11.1 Å². The minimum Gasteiger partial charge on any atom is -0.493 e. The van der Waals surface area contributed by atoms with Crippen LogP contribution in [-0.4, -0.2) is 38.0 Å². The lowest BCUT2D eigenvalue weighted by atomic mass is 10.1. The molecule has 12 heteroatoms. The number of carbonyl (C=O) groups is 1. The van der Waals surface area contributed by atoms with Crippen molar-refractivity contribution in [2.75, 3.05) is 13.7 Å². The number of methoxy groups -OCH3 is 1. The second kappa shape index (κ2) is 11.7. The van der Waals surface area contributed by atoms with Crippen LogP contribution in [0.4, 0.5) is 0 Å². The number of amidine groups is 1. The second-order valence-corrected chi connectivity index (χ2v) is 12.5. The number of hydrogen-bond acceptors (Lipinski definition) is 7. The first-order valence-corrected chi connectivity index (χ1v) is 14.5. The van der Waals surface area contributed by atoms with E-state index in [0.717, 1.165) is 28.7 Å². The quantitative estimate of drug-likeness (QED) is 0.208. The van der Waals surface area contributed by atoms with E-state index in [4.69, 9.17) is 32.7 Å². The maximum absolute atomic E-state index is 13.1. The lowest BCUT2D eigenvalue weighted by Crippen LogP contribution is -2.29. The molecule has 1 saturated heterocycles. The van der Waals surface area contributed by atoms with Crippen LogP contribution in [0.2, 0.25) is 9.36 Å². The van der Waals surface area contributed by atoms with Gasteiger partial charge in [0.15, 0.2) is 16.7 Å². The van der Waals surface area contributed by atoms with Gasteiger partial charge in [0, 0.05) is 17.1 Å². The third-order valence-corrected chi connectivity index (χ3v) is 9.48. The summed E-state index contributed by atoms with van der Waals surface area (Å²) in [5, 5.41) is 0.617. The molecule has 4 rings (SSSR count). The van der Waals surface area contributed by atoms with E-state index in [2.05, 4.69) is 11.0 Å². The monoisotopic (exact) mass is 594 g/mol. The summed E-state index contributed by atoms with van der Waals surface area (Å²) in [7, 11) is -2.52. The first-order valence-electron chi connectivity index (χ1n) is 10.7. The van der Waals surface area contributed by atoms with Crippen LogP contribution in [0, 0.1) is 0 Å². The van der Waals surface area contributed by atoms with Gasteiger partial charge >= 0.3 is 0 Å². The van der Waals surface area contributed by atoms with Crippen molar-refractivity contribution in [3.63, 3.8) is 0 Å². The fourth-order valence-electron chi connectivity index (χ4n) is 3.27. The highest BCUT2D eigenvalue weighted by molar-refractivity contribution is 8.19. The Bertz CT molecular complexity index is 1520. The molecule has 0 radical (unpaired) electrons. The maximum atomic E-state index is 13.1. The number of thioether (sulfide) groups is 1. The number of thiophene rings is 1. The van der Waals surface area contributed by atoms with Crippen molar-refractivity contribution in [1.29, 1.82) is 0 Å². The van der Waals surface area contributed by atoms with Gasteiger partial charge in [0.2, 0.25) is 0 Å². The number of halogens is 2. The Hall–Kier alpha value is -2.76. The molecule has 37 heavy (non-hydrogen) atoms. The fourth-order valence-corrected chi connectivity index (χ4v) is 7.11. The molecule has 192 valence electrons. The zero-order valence-electron chi connectivity index (χ0n) is 19.4. The van der Waals surface area contributed by atoms with Crippen LogP contribution in [0.25, 0.3) is 6.08 Å². The SMILES string of the molecule is C=CCN1C(=O)/C(=C/c2ccc(OC)c(OCc3ccccc3Cl)c2)S/C1=N/S(=O)(=O)c1ccc(Cl)s1. The van der Waals surface area contributed by atoms with Gasteiger partial charge in [0.25, 0.3) is 15.9 Å². The molecular formula is C25H20Cl2N2O5S3. The number of amides is 1. The van der Waals surface area contributed by atoms with Crippen LogP contribution in [0.15, 0.2) is 80.8 Å². The number of rotatable bonds is 9. The van der Waals surface area contributed by atoms with Crippen molar-refractivity contribution in [1.82, 2.24) is 4.90 Å². The van der Waals surface area contributed by atoms with Gasteiger partial charge in [-0.15, -0.1) is 22.3 Å². The van der Waals surface area contributed by atoms with Gasteiger partial charge in [-0.05, 0) is 53.7 Å². The molecule has 0 bridgehead atoms. The van der Waals surface area contributed by atoms with Gasteiger partial charge < -0.3 is 9.47 Å². The van der Waals surface area contributed by atoms with Crippen molar-refractivity contribution < 1.29 is 22.7 Å². The summed E-state index contributed by atoms with van der Waals surface area (Å²) < 4.78 is 41.2. The summed E-state index contributed by atoms with van der Waals surface area (Å²) in [6.45, 7) is 3.98. The van der Waals surface area contributed by atoms with Crippen LogP contribution in [-0.2, 0) is 21.4 Å². The number of nitrogens with zero attached hydrogens (tertiary/aromatic N) is 2. The van der Waals surface area contributed by atoms with Gasteiger partial charge in [-0.1, -0.05) is 53.5 Å². The van der Waals surface area contributed by atoms with Crippen molar-refractivity contribution in [3.05, 3.63) is 92.6 Å². The lowest BCUT2D eigenvalue weighted by molar-refractivity contribution is -0.121. The van der Waals surface area contributed by atoms with E-state index >= 15 is 0 Å². The van der Waals surface area contributed by atoms with E-state index in [1.807, 2.05) is 18.2 Å². The average Bonchev–Trinajstić information content (AvgIpc) is 3.43. The topological polar surface area (TPSA) is 85.3 Å². The first-order chi connectivity index (χ1) is 17.7. The lowest BCUT2D eigenvalue weighted by Gasteiger charge is -2.13. The fraction of sp³-hybridized carbons (Fsp3) is 0.120. The molecule has 2 aromatic carbocycles. The highest BCUT2D eigenvalue weighted by atomic mass is 35.5. The maximum Gasteiger partial charge on any atom is 0.294 e. The molecule has 0 atom stereocenters. The molecule has 0 spiro atoms. The van der Waals surface area contributed by atoms with Crippen LogP contribution in [0.5, 0.6) is 11.5 Å². The summed E-state index contributed by atoms with van der Waals surface area (Å²) in [6, 6.07) is 15.4. The van der Waals surface area contributed by atoms with Crippen LogP contribution < -0.4 is 9.47 Å². The number of ether oxygens (including phenoxy) is 2. The van der Waals surface area contributed by atoms with Gasteiger partial charge in [0.05, 0.1) is 16.4 Å². The van der Waals surface area contributed by atoms with E-state index in [0.29, 0.717) is 31.3 Å². The Labute approximate surface area is 233 Å². The molecule has 0 saturated carbocycles. The van der Waals surface area contributed by atoms with Crippen molar-refractivity contribution in [2.45, 2.75) is 10.8 Å². The largest absolute Gasteiger partial charge is 0.493 e. The number of benzene rings is 2. The van der Waals surface area contributed by atoms with E-state index in [9.17, 15) is 13.2 Å². The molecule has 0 N–H and O–H groups in total. The molecule has 2 heterocycles. The van der Waals surface area contributed by atoms with Gasteiger partial charge in [0.1, 0.15) is 10.8 Å². The molecule has 3 aromatic rings. The molecule has 1 amide bonds. The van der Waals surface area contributed by atoms with Crippen LogP contribution >= 0.6 is 46.3 Å². The summed E-state index contributed by atoms with van der Waals surface area (Å²) in [5.74, 6) is 0.578. The highest BCUT2D eigenvalue weighted by Gasteiger charge is 2.34. The Kier molecular flexibility index (Phi) is 8.66. The van der Waals surface area contributed by atoms with E-state index < -0.39 is 15.9 Å². The highest BCUT2D eigenvalue weighted by Crippen LogP contribution is 2.36. The van der Waals surface area contributed by atoms with Crippen molar-refractivity contribution in [2.24, 2.45) is 4.40 Å². The minimum absolute atomic E-state index is 0.00973. The van der Waals surface area contributed by atoms with Crippen LogP contribution in [0.3, 0.4) is 0 Å². The van der Waals surface area contributed by atoms with E-state index in [1.165, 1.54) is 30.2 Å². The Balaban J connectivity index is 1.63. The molecular weight excluding hydrogens is 575 g/mol. The number of sulfonamides is 1. The van der Waals surface area contributed by atoms with Crippen molar-refractivity contribution in [3.8, 4) is 11.5 Å². The number of hydrogen-bond donors (Lipinski definition) is 0. The minimum atomic E-state index is -4.05. The summed E-state index contributed by atoms with van der Waals surface area (Å²) >= 11 is 14.0. The zero-order valence-corrected chi connectivity index (χ0v) is 23.3. The molecule has 1 aliphatic heterocycles. The number of carbonyl (C=O) groups excluding carboxylic acids is 1. The predicted molar refractivity (Wildman–Crippen MR) is 150 cm³/mol. The summed E-state index contributed by atoms with van der Waals surface area (Å²) in [4.78, 5) is 14.7. The van der Waals surface area contributed by atoms with E-state index in [-0.39, 0.29) is 22.5 Å². The Morgan fingerprint density at radius 2 is 1.89 bits per heavy atom. The molecule has 0 unspecified atom stereocenters. The zero-order chi connectivity index (χ0) is 26.6. The second-order valence-electron chi connectivity index (χ2n) is 7.51. The van der Waals surface area contributed by atoms with E-state index in [1.54, 1.807) is 30.3 Å². The summed E-state index contributed by atoms with van der Waals surface area (Å²) in [5.41, 5.74) is 1.46. The Morgan fingerprint density at radius 1 is 1.11 bits per heavy atom.